The molecule has 244 valence electrons. The number of alkyl carbamates (subject to hydrolysis) is 1. The minimum Gasteiger partial charge on any atom is -0.445 e. The Kier molecular flexibility index (Phi) is 14.2. The number of primary amides is 2. The van der Waals surface area contributed by atoms with E-state index < -0.39 is 60.4 Å². The lowest BCUT2D eigenvalue weighted by atomic mass is 9.98. The predicted octanol–water partition coefficient (Wildman–Crippen LogP) is 1.63. The highest BCUT2D eigenvalue weighted by atomic mass is 16.5. The third kappa shape index (κ3) is 12.8. The van der Waals surface area contributed by atoms with Crippen LogP contribution >= 0.6 is 0 Å². The molecule has 5 amide bonds. The lowest BCUT2D eigenvalue weighted by Crippen LogP contribution is -2.54. The molecule has 3 aromatic rings. The second-order valence-electron chi connectivity index (χ2n) is 10.9. The van der Waals surface area contributed by atoms with Crippen LogP contribution in [0.4, 0.5) is 4.79 Å². The topological polar surface area (TPSA) is 203 Å². The number of hydrogen-bond acceptors (Lipinski definition) is 7. The van der Waals surface area contributed by atoms with Crippen LogP contribution in [-0.4, -0.2) is 59.1 Å². The first-order valence-corrected chi connectivity index (χ1v) is 15.0. The Bertz CT molecular complexity index is 1420. The Hall–Kier alpha value is -5.23. The molecule has 0 saturated heterocycles. The van der Waals surface area contributed by atoms with Gasteiger partial charge in [-0.25, -0.2) is 4.79 Å². The summed E-state index contributed by atoms with van der Waals surface area (Å²) in [5, 5.41) is 18.8. The molecule has 0 unspecified atom stereocenters. The quantitative estimate of drug-likeness (QED) is 0.122. The first-order valence-electron chi connectivity index (χ1n) is 15.0. The first kappa shape index (κ1) is 35.3. The number of aliphatic hydroxyl groups is 1. The maximum Gasteiger partial charge on any atom is 0.407 e. The third-order valence-corrected chi connectivity index (χ3v) is 7.23. The third-order valence-electron chi connectivity index (χ3n) is 7.23. The van der Waals surface area contributed by atoms with Crippen molar-refractivity contribution in [3.63, 3.8) is 0 Å². The highest BCUT2D eigenvalue weighted by molar-refractivity contribution is 5.92. The van der Waals surface area contributed by atoms with E-state index in [-0.39, 0.29) is 32.3 Å². The average molecular weight is 632 g/mol. The zero-order chi connectivity index (χ0) is 33.3. The summed E-state index contributed by atoms with van der Waals surface area (Å²) in [6.45, 7) is 0.00954. The molecule has 46 heavy (non-hydrogen) atoms. The molecule has 0 bridgehead atoms. The summed E-state index contributed by atoms with van der Waals surface area (Å²) < 4.78 is 5.31. The van der Waals surface area contributed by atoms with Crippen molar-refractivity contribution in [2.75, 3.05) is 0 Å². The summed E-state index contributed by atoms with van der Waals surface area (Å²) in [5.74, 6) is -2.91. The monoisotopic (exact) mass is 631 g/mol. The van der Waals surface area contributed by atoms with Gasteiger partial charge in [-0.2, -0.15) is 0 Å². The van der Waals surface area contributed by atoms with Gasteiger partial charge in [-0.15, -0.1) is 0 Å². The Morgan fingerprint density at radius 3 is 1.83 bits per heavy atom. The molecular formula is C34H41N5O7. The SMILES string of the molecule is NC(=O)CC[C@H](NC(=O)C[C@H](O)[C@H](Cc1ccccc1)NC(=O)OCc1ccccc1)C(=O)N[C@@H](CCc1ccccc1)C(N)=O. The molecule has 4 atom stereocenters. The molecule has 12 nitrogen and oxygen atoms in total. The number of aliphatic hydroxyl groups excluding tert-OH is 1. The highest BCUT2D eigenvalue weighted by Crippen LogP contribution is 2.12. The molecular weight excluding hydrogens is 590 g/mol. The number of aryl methyl sites for hydroxylation is 1. The summed E-state index contributed by atoms with van der Waals surface area (Å²) in [6.07, 6.45) is -2.17. The fraction of sp³-hybridized carbons (Fsp3) is 0.324. The van der Waals surface area contributed by atoms with Gasteiger partial charge < -0.3 is 37.3 Å². The van der Waals surface area contributed by atoms with Crippen LogP contribution in [0.5, 0.6) is 0 Å². The van der Waals surface area contributed by atoms with E-state index in [0.29, 0.717) is 6.42 Å². The average Bonchev–Trinajstić information content (AvgIpc) is 3.04. The van der Waals surface area contributed by atoms with Crippen LogP contribution in [0, 0.1) is 0 Å². The molecule has 0 aromatic heterocycles. The van der Waals surface area contributed by atoms with E-state index in [0.717, 1.165) is 16.7 Å². The van der Waals surface area contributed by atoms with E-state index in [4.69, 9.17) is 16.2 Å². The van der Waals surface area contributed by atoms with Gasteiger partial charge in [-0.3, -0.25) is 19.2 Å². The van der Waals surface area contributed by atoms with Crippen LogP contribution in [0.1, 0.15) is 42.4 Å². The van der Waals surface area contributed by atoms with Crippen molar-refractivity contribution in [3.05, 3.63) is 108 Å². The predicted molar refractivity (Wildman–Crippen MR) is 171 cm³/mol. The Morgan fingerprint density at radius 2 is 1.26 bits per heavy atom. The first-order chi connectivity index (χ1) is 22.1. The number of carbonyl (C=O) groups is 5. The lowest BCUT2D eigenvalue weighted by Gasteiger charge is -2.25. The van der Waals surface area contributed by atoms with Gasteiger partial charge in [-0.1, -0.05) is 91.0 Å². The number of amides is 5. The van der Waals surface area contributed by atoms with E-state index in [1.807, 2.05) is 66.7 Å². The molecule has 0 aliphatic rings. The molecule has 8 N–H and O–H groups in total. The number of rotatable bonds is 18. The molecule has 0 heterocycles. The minimum atomic E-state index is -1.38. The van der Waals surface area contributed by atoms with Crippen LogP contribution in [0.15, 0.2) is 91.0 Å². The van der Waals surface area contributed by atoms with Crippen molar-refractivity contribution in [2.24, 2.45) is 11.5 Å². The smallest absolute Gasteiger partial charge is 0.407 e. The zero-order valence-electron chi connectivity index (χ0n) is 25.5. The number of ether oxygens (including phenoxy) is 1. The van der Waals surface area contributed by atoms with Crippen LogP contribution < -0.4 is 27.4 Å². The van der Waals surface area contributed by atoms with Crippen LogP contribution in [0.2, 0.25) is 0 Å². The molecule has 3 aromatic carbocycles. The number of carbonyl (C=O) groups excluding carboxylic acids is 5. The number of benzene rings is 3. The highest BCUT2D eigenvalue weighted by Gasteiger charge is 2.29. The van der Waals surface area contributed by atoms with E-state index in [1.165, 1.54) is 0 Å². The normalized spacial score (nSPS) is 13.3. The summed E-state index contributed by atoms with van der Waals surface area (Å²) >= 11 is 0. The van der Waals surface area contributed by atoms with Gasteiger partial charge in [0.2, 0.25) is 23.6 Å². The Morgan fingerprint density at radius 1 is 0.696 bits per heavy atom. The number of nitrogens with two attached hydrogens (primary N) is 2. The largest absolute Gasteiger partial charge is 0.445 e. The van der Waals surface area contributed by atoms with Gasteiger partial charge in [0.05, 0.1) is 18.6 Å². The molecule has 3 rings (SSSR count). The second-order valence-corrected chi connectivity index (χ2v) is 10.9. The van der Waals surface area contributed by atoms with Crippen molar-refractivity contribution < 1.29 is 33.8 Å². The molecule has 12 heteroatoms. The van der Waals surface area contributed by atoms with E-state index in [1.54, 1.807) is 24.3 Å². The lowest BCUT2D eigenvalue weighted by molar-refractivity contribution is -0.132. The minimum absolute atomic E-state index is 0.00954. The molecule has 0 fully saturated rings. The molecule has 0 aliphatic heterocycles. The van der Waals surface area contributed by atoms with Gasteiger partial charge in [0, 0.05) is 6.42 Å². The summed E-state index contributed by atoms with van der Waals surface area (Å²) in [4.78, 5) is 62.6. The van der Waals surface area contributed by atoms with Crippen LogP contribution in [0.25, 0.3) is 0 Å². The molecule has 0 saturated carbocycles. The Balaban J connectivity index is 1.65. The maximum atomic E-state index is 13.2. The number of hydrogen-bond donors (Lipinski definition) is 6. The Labute approximate surface area is 267 Å². The second kappa shape index (κ2) is 18.5. The van der Waals surface area contributed by atoms with Gasteiger partial charge in [0.1, 0.15) is 18.7 Å². The van der Waals surface area contributed by atoms with E-state index >= 15 is 0 Å². The van der Waals surface area contributed by atoms with Crippen LogP contribution in [-0.2, 0) is 43.4 Å². The summed E-state index contributed by atoms with van der Waals surface area (Å²) in [5.41, 5.74) is 13.3. The van der Waals surface area contributed by atoms with Crippen molar-refractivity contribution >= 4 is 29.7 Å². The van der Waals surface area contributed by atoms with E-state index in [9.17, 15) is 29.1 Å². The molecule has 0 radical (unpaired) electrons. The van der Waals surface area contributed by atoms with Crippen molar-refractivity contribution in [3.8, 4) is 0 Å². The number of nitrogens with one attached hydrogen (secondary N) is 3. The summed E-state index contributed by atoms with van der Waals surface area (Å²) in [6, 6.07) is 24.2. The van der Waals surface area contributed by atoms with Crippen molar-refractivity contribution in [1.82, 2.24) is 16.0 Å². The van der Waals surface area contributed by atoms with E-state index in [2.05, 4.69) is 16.0 Å². The summed E-state index contributed by atoms with van der Waals surface area (Å²) in [7, 11) is 0. The maximum absolute atomic E-state index is 13.2. The van der Waals surface area contributed by atoms with Crippen LogP contribution in [0.3, 0.4) is 0 Å². The zero-order valence-corrected chi connectivity index (χ0v) is 25.5. The van der Waals surface area contributed by atoms with Gasteiger partial charge >= 0.3 is 6.09 Å². The van der Waals surface area contributed by atoms with Crippen molar-refractivity contribution in [1.29, 1.82) is 0 Å². The molecule has 0 spiro atoms. The van der Waals surface area contributed by atoms with Gasteiger partial charge in [-0.05, 0) is 42.4 Å². The fourth-order valence-corrected chi connectivity index (χ4v) is 4.72. The van der Waals surface area contributed by atoms with Gasteiger partial charge in [0.25, 0.3) is 0 Å². The standard InChI is InChI=1S/C34H41N5O7/c35-30(41)19-18-27(33(44)38-26(32(36)43)17-16-23-10-4-1-5-11-23)37-31(42)21-29(40)28(20-24-12-6-2-7-13-24)39-34(45)46-22-25-14-8-3-9-15-25/h1-15,26-29,40H,16-22H2,(H2,35,41)(H2,36,43)(H,37,42)(H,38,44)(H,39,45)/t26-,27-,28-,29-/m0/s1. The fourth-order valence-electron chi connectivity index (χ4n) is 4.72. The van der Waals surface area contributed by atoms with Crippen molar-refractivity contribution in [2.45, 2.75) is 69.4 Å². The van der Waals surface area contributed by atoms with Gasteiger partial charge in [0.15, 0.2) is 0 Å². The molecule has 0 aliphatic carbocycles.